The highest BCUT2D eigenvalue weighted by Crippen LogP contribution is 2.43. The number of fused-ring (bicyclic) bond motifs is 1. The third kappa shape index (κ3) is 1.85. The molecular formula is C14H18FNO2. The van der Waals surface area contributed by atoms with Crippen LogP contribution in [-0.2, 0) is 5.54 Å². The maximum absolute atomic E-state index is 14.2. The van der Waals surface area contributed by atoms with E-state index in [0.717, 1.165) is 25.8 Å². The van der Waals surface area contributed by atoms with Crippen LogP contribution in [0.25, 0.3) is 0 Å². The van der Waals surface area contributed by atoms with E-state index in [4.69, 9.17) is 9.47 Å². The third-order valence-corrected chi connectivity index (χ3v) is 3.78. The summed E-state index contributed by atoms with van der Waals surface area (Å²) < 4.78 is 25.6. The fourth-order valence-electron chi connectivity index (χ4n) is 2.83. The Hall–Kier alpha value is -1.29. The lowest BCUT2D eigenvalue weighted by atomic mass is 9.89. The van der Waals surface area contributed by atoms with E-state index in [9.17, 15) is 4.39 Å². The van der Waals surface area contributed by atoms with Crippen molar-refractivity contribution in [1.82, 2.24) is 5.32 Å². The summed E-state index contributed by atoms with van der Waals surface area (Å²) in [6.45, 7) is 4.16. The minimum Gasteiger partial charge on any atom is -0.490 e. The van der Waals surface area contributed by atoms with Crippen molar-refractivity contribution in [3.8, 4) is 11.5 Å². The zero-order valence-corrected chi connectivity index (χ0v) is 10.6. The van der Waals surface area contributed by atoms with Crippen LogP contribution >= 0.6 is 0 Å². The van der Waals surface area contributed by atoms with Gasteiger partial charge in [-0.2, -0.15) is 0 Å². The van der Waals surface area contributed by atoms with Gasteiger partial charge in [0.25, 0.3) is 0 Å². The van der Waals surface area contributed by atoms with Gasteiger partial charge in [0.05, 0.1) is 18.8 Å². The Morgan fingerprint density at radius 3 is 2.83 bits per heavy atom. The second-order valence-electron chi connectivity index (χ2n) is 5.16. The molecule has 0 bridgehead atoms. The molecule has 0 aliphatic carbocycles. The Morgan fingerprint density at radius 1 is 1.22 bits per heavy atom. The SMILES string of the molecule is CC1(c2c(F)ccc3c2OCCCO3)CCCN1. The summed E-state index contributed by atoms with van der Waals surface area (Å²) in [6, 6.07) is 3.14. The number of halogens is 1. The van der Waals surface area contributed by atoms with Crippen LogP contribution < -0.4 is 14.8 Å². The minimum atomic E-state index is -0.344. The summed E-state index contributed by atoms with van der Waals surface area (Å²) in [5.41, 5.74) is 0.280. The van der Waals surface area contributed by atoms with Crippen molar-refractivity contribution in [1.29, 1.82) is 0 Å². The molecule has 0 spiro atoms. The first-order chi connectivity index (χ1) is 8.71. The van der Waals surface area contributed by atoms with Crippen molar-refractivity contribution in [3.63, 3.8) is 0 Å². The van der Waals surface area contributed by atoms with Crippen LogP contribution in [-0.4, -0.2) is 19.8 Å². The van der Waals surface area contributed by atoms with Crippen molar-refractivity contribution in [3.05, 3.63) is 23.5 Å². The molecule has 2 aliphatic heterocycles. The van der Waals surface area contributed by atoms with Crippen molar-refractivity contribution in [2.75, 3.05) is 19.8 Å². The summed E-state index contributed by atoms with van der Waals surface area (Å²) in [5, 5.41) is 3.39. The van der Waals surface area contributed by atoms with Gasteiger partial charge < -0.3 is 14.8 Å². The molecule has 1 aromatic carbocycles. The number of rotatable bonds is 1. The van der Waals surface area contributed by atoms with Gasteiger partial charge in [0.1, 0.15) is 5.82 Å². The van der Waals surface area contributed by atoms with Gasteiger partial charge in [-0.1, -0.05) is 0 Å². The van der Waals surface area contributed by atoms with Crippen LogP contribution in [0.1, 0.15) is 31.7 Å². The lowest BCUT2D eigenvalue weighted by Crippen LogP contribution is -2.34. The van der Waals surface area contributed by atoms with E-state index in [1.807, 2.05) is 6.92 Å². The molecular weight excluding hydrogens is 233 g/mol. The molecule has 0 amide bonds. The molecule has 1 saturated heterocycles. The lowest BCUT2D eigenvalue weighted by Gasteiger charge is -2.28. The smallest absolute Gasteiger partial charge is 0.169 e. The first kappa shape index (κ1) is 11.8. The van der Waals surface area contributed by atoms with Gasteiger partial charge in [0.15, 0.2) is 11.5 Å². The highest BCUT2D eigenvalue weighted by Gasteiger charge is 2.37. The van der Waals surface area contributed by atoms with Gasteiger partial charge in [0.2, 0.25) is 0 Å². The van der Waals surface area contributed by atoms with Crippen molar-refractivity contribution in [2.45, 2.75) is 31.7 Å². The van der Waals surface area contributed by atoms with Crippen LogP contribution in [0.15, 0.2) is 12.1 Å². The molecule has 1 atom stereocenters. The minimum absolute atomic E-state index is 0.212. The van der Waals surface area contributed by atoms with Gasteiger partial charge in [-0.15, -0.1) is 0 Å². The number of hydrogen-bond donors (Lipinski definition) is 1. The standard InChI is InChI=1S/C14H18FNO2/c1-14(6-2-7-16-14)12-10(15)4-5-11-13(12)18-9-3-8-17-11/h4-5,16H,2-3,6-9H2,1H3. The van der Waals surface area contributed by atoms with Gasteiger partial charge in [-0.25, -0.2) is 4.39 Å². The van der Waals surface area contributed by atoms with E-state index in [1.54, 1.807) is 6.07 Å². The number of ether oxygens (including phenoxy) is 2. The molecule has 0 radical (unpaired) electrons. The van der Waals surface area contributed by atoms with E-state index < -0.39 is 0 Å². The normalized spacial score (nSPS) is 27.0. The van der Waals surface area contributed by atoms with Crippen LogP contribution in [0.4, 0.5) is 4.39 Å². The fraction of sp³-hybridized carbons (Fsp3) is 0.571. The molecule has 4 heteroatoms. The average molecular weight is 251 g/mol. The number of benzene rings is 1. The number of hydrogen-bond acceptors (Lipinski definition) is 3. The Labute approximate surface area is 106 Å². The first-order valence-electron chi connectivity index (χ1n) is 6.54. The molecule has 1 N–H and O–H groups in total. The predicted molar refractivity (Wildman–Crippen MR) is 66.6 cm³/mol. The molecule has 1 aromatic rings. The van der Waals surface area contributed by atoms with Crippen LogP contribution in [0, 0.1) is 5.82 Å². The maximum Gasteiger partial charge on any atom is 0.169 e. The zero-order valence-electron chi connectivity index (χ0n) is 10.6. The maximum atomic E-state index is 14.2. The highest BCUT2D eigenvalue weighted by atomic mass is 19.1. The first-order valence-corrected chi connectivity index (χ1v) is 6.54. The summed E-state index contributed by atoms with van der Waals surface area (Å²) in [5.74, 6) is 1.04. The van der Waals surface area contributed by atoms with Gasteiger partial charge >= 0.3 is 0 Å². The van der Waals surface area contributed by atoms with E-state index in [-0.39, 0.29) is 11.4 Å². The molecule has 98 valence electrons. The highest BCUT2D eigenvalue weighted by molar-refractivity contribution is 5.51. The Bertz CT molecular complexity index is 455. The van der Waals surface area contributed by atoms with Crippen molar-refractivity contribution in [2.24, 2.45) is 0 Å². The van der Waals surface area contributed by atoms with Crippen molar-refractivity contribution >= 4 is 0 Å². The Balaban J connectivity index is 2.12. The van der Waals surface area contributed by atoms with Crippen molar-refractivity contribution < 1.29 is 13.9 Å². The van der Waals surface area contributed by atoms with Crippen LogP contribution in [0.3, 0.4) is 0 Å². The zero-order chi connectivity index (χ0) is 12.6. The summed E-state index contributed by atoms with van der Waals surface area (Å²) in [7, 11) is 0. The molecule has 18 heavy (non-hydrogen) atoms. The van der Waals surface area contributed by atoms with Crippen LogP contribution in [0.5, 0.6) is 11.5 Å². The molecule has 3 rings (SSSR count). The monoisotopic (exact) mass is 251 g/mol. The van der Waals surface area contributed by atoms with E-state index in [1.165, 1.54) is 6.07 Å². The van der Waals surface area contributed by atoms with Gasteiger partial charge in [0, 0.05) is 12.0 Å². The molecule has 1 fully saturated rings. The average Bonchev–Trinajstić information content (AvgIpc) is 2.65. The lowest BCUT2D eigenvalue weighted by molar-refractivity contribution is 0.290. The molecule has 0 aromatic heterocycles. The second-order valence-corrected chi connectivity index (χ2v) is 5.16. The van der Waals surface area contributed by atoms with Gasteiger partial charge in [-0.05, 0) is 38.4 Å². The molecule has 2 heterocycles. The quantitative estimate of drug-likeness (QED) is 0.832. The molecule has 1 unspecified atom stereocenters. The van der Waals surface area contributed by atoms with E-state index in [2.05, 4.69) is 5.32 Å². The summed E-state index contributed by atoms with van der Waals surface area (Å²) in [4.78, 5) is 0. The largest absolute Gasteiger partial charge is 0.490 e. The molecule has 3 nitrogen and oxygen atoms in total. The fourth-order valence-corrected chi connectivity index (χ4v) is 2.83. The van der Waals surface area contributed by atoms with E-state index >= 15 is 0 Å². The van der Waals surface area contributed by atoms with Gasteiger partial charge in [-0.3, -0.25) is 0 Å². The Kier molecular flexibility index (Phi) is 2.90. The predicted octanol–water partition coefficient (Wildman–Crippen LogP) is 2.59. The molecule has 2 aliphatic rings. The topological polar surface area (TPSA) is 30.5 Å². The van der Waals surface area contributed by atoms with E-state index in [0.29, 0.717) is 30.3 Å². The molecule has 0 saturated carbocycles. The van der Waals surface area contributed by atoms with Crippen LogP contribution in [0.2, 0.25) is 0 Å². The Morgan fingerprint density at radius 2 is 2.06 bits per heavy atom. The third-order valence-electron chi connectivity index (χ3n) is 3.78. The number of nitrogens with one attached hydrogen (secondary N) is 1. The summed E-state index contributed by atoms with van der Waals surface area (Å²) >= 11 is 0. The summed E-state index contributed by atoms with van der Waals surface area (Å²) in [6.07, 6.45) is 2.81. The second kappa shape index (κ2) is 4.43.